The monoisotopic (exact) mass is 429 g/mol. The van der Waals surface area contributed by atoms with Crippen LogP contribution < -0.4 is 15.2 Å². The number of rotatable bonds is 9. The predicted molar refractivity (Wildman–Crippen MR) is 117 cm³/mol. The zero-order valence-electron chi connectivity index (χ0n) is 15.8. The minimum atomic E-state index is 0.282. The molecule has 0 aliphatic rings. The van der Waals surface area contributed by atoms with Gasteiger partial charge in [-0.3, -0.25) is 0 Å². The third-order valence-corrected chi connectivity index (χ3v) is 4.76. The standard InChI is InChI=1S/C22H21Cl2N3O2/c1-15(26)3-2-9-28-19-4-5-21-16(12-19)6-8-27(21)18-11-17(14-25)22(20(24)13-18)29-10-7-23/h4-6,8,11-13H,1-3,7,9-10,26H2. The number of halogens is 2. The zero-order valence-corrected chi connectivity index (χ0v) is 17.3. The van der Waals surface area contributed by atoms with Crippen molar-refractivity contribution in [2.75, 3.05) is 19.1 Å². The van der Waals surface area contributed by atoms with Crippen molar-refractivity contribution in [3.8, 4) is 23.3 Å². The van der Waals surface area contributed by atoms with Crippen molar-refractivity contribution in [3.63, 3.8) is 0 Å². The Kier molecular flexibility index (Phi) is 6.92. The molecular formula is C22H21Cl2N3O2. The van der Waals surface area contributed by atoms with Gasteiger partial charge in [-0.05, 0) is 49.2 Å². The quantitative estimate of drug-likeness (QED) is 0.364. The van der Waals surface area contributed by atoms with Gasteiger partial charge in [0.05, 0.1) is 28.6 Å². The summed E-state index contributed by atoms with van der Waals surface area (Å²) >= 11 is 12.0. The molecule has 5 nitrogen and oxygen atoms in total. The van der Waals surface area contributed by atoms with E-state index in [2.05, 4.69) is 12.6 Å². The summed E-state index contributed by atoms with van der Waals surface area (Å²) in [6.07, 6.45) is 3.49. The lowest BCUT2D eigenvalue weighted by molar-refractivity contribution is 0.311. The van der Waals surface area contributed by atoms with Crippen LogP contribution in [0.1, 0.15) is 18.4 Å². The number of allylic oxidation sites excluding steroid dienone is 1. The molecule has 0 amide bonds. The summed E-state index contributed by atoms with van der Waals surface area (Å²) in [5, 5.41) is 10.9. The summed E-state index contributed by atoms with van der Waals surface area (Å²) in [6.45, 7) is 4.55. The van der Waals surface area contributed by atoms with E-state index in [9.17, 15) is 5.26 Å². The average Bonchev–Trinajstić information content (AvgIpc) is 3.13. The molecule has 0 saturated heterocycles. The molecule has 29 heavy (non-hydrogen) atoms. The molecule has 0 unspecified atom stereocenters. The second kappa shape index (κ2) is 9.60. The summed E-state index contributed by atoms with van der Waals surface area (Å²) in [7, 11) is 0. The molecule has 0 radical (unpaired) electrons. The van der Waals surface area contributed by atoms with E-state index in [0.29, 0.717) is 34.5 Å². The van der Waals surface area contributed by atoms with Gasteiger partial charge in [-0.2, -0.15) is 5.26 Å². The Balaban J connectivity index is 1.86. The maximum absolute atomic E-state index is 9.49. The maximum Gasteiger partial charge on any atom is 0.155 e. The first kappa shape index (κ1) is 20.9. The second-order valence-electron chi connectivity index (χ2n) is 6.47. The SMILES string of the molecule is C=C(N)CCCOc1ccc2c(ccn2-c2cc(Cl)c(OCCCl)c(C#N)c2)c1. The zero-order chi connectivity index (χ0) is 20.8. The average molecular weight is 430 g/mol. The van der Waals surface area contributed by atoms with Crippen LogP contribution in [0.3, 0.4) is 0 Å². The number of benzene rings is 2. The first-order valence-electron chi connectivity index (χ1n) is 9.13. The van der Waals surface area contributed by atoms with Crippen molar-refractivity contribution in [3.05, 3.63) is 65.5 Å². The summed E-state index contributed by atoms with van der Waals surface area (Å²) in [4.78, 5) is 0. The number of nitrogens with zero attached hydrogens (tertiary/aromatic N) is 2. The number of fused-ring (bicyclic) bond motifs is 1. The minimum Gasteiger partial charge on any atom is -0.494 e. The van der Waals surface area contributed by atoms with Gasteiger partial charge in [0.15, 0.2) is 5.75 Å². The Hall–Kier alpha value is -2.81. The van der Waals surface area contributed by atoms with E-state index >= 15 is 0 Å². The lowest BCUT2D eigenvalue weighted by atomic mass is 10.2. The van der Waals surface area contributed by atoms with Crippen molar-refractivity contribution < 1.29 is 9.47 Å². The fourth-order valence-electron chi connectivity index (χ4n) is 3.01. The lowest BCUT2D eigenvalue weighted by Gasteiger charge is -2.12. The van der Waals surface area contributed by atoms with Crippen molar-refractivity contribution >= 4 is 34.1 Å². The van der Waals surface area contributed by atoms with Gasteiger partial charge >= 0.3 is 0 Å². The van der Waals surface area contributed by atoms with E-state index in [-0.39, 0.29) is 6.61 Å². The van der Waals surface area contributed by atoms with Crippen LogP contribution in [-0.2, 0) is 0 Å². The molecule has 0 bridgehead atoms. The second-order valence-corrected chi connectivity index (χ2v) is 7.26. The molecule has 3 rings (SSSR count). The van der Waals surface area contributed by atoms with Crippen LogP contribution in [0.5, 0.6) is 11.5 Å². The van der Waals surface area contributed by atoms with Crippen molar-refractivity contribution in [1.29, 1.82) is 5.26 Å². The van der Waals surface area contributed by atoms with Crippen LogP contribution in [-0.4, -0.2) is 23.7 Å². The molecular weight excluding hydrogens is 409 g/mol. The summed E-state index contributed by atoms with van der Waals surface area (Å²) in [5.74, 6) is 1.46. The predicted octanol–water partition coefficient (Wildman–Crippen LogP) is 5.40. The van der Waals surface area contributed by atoms with Crippen molar-refractivity contribution in [2.24, 2.45) is 5.73 Å². The number of hydrogen-bond donors (Lipinski definition) is 1. The molecule has 0 aliphatic heterocycles. The highest BCUT2D eigenvalue weighted by Crippen LogP contribution is 2.33. The van der Waals surface area contributed by atoms with Crippen LogP contribution >= 0.6 is 23.2 Å². The van der Waals surface area contributed by atoms with Gasteiger partial charge in [0.2, 0.25) is 0 Å². The van der Waals surface area contributed by atoms with Gasteiger partial charge in [-0.15, -0.1) is 11.6 Å². The summed E-state index contributed by atoms with van der Waals surface area (Å²) < 4.78 is 13.3. The molecule has 0 aliphatic carbocycles. The van der Waals surface area contributed by atoms with E-state index in [0.717, 1.165) is 35.2 Å². The smallest absolute Gasteiger partial charge is 0.155 e. The molecule has 0 saturated carbocycles. The van der Waals surface area contributed by atoms with E-state index in [1.165, 1.54) is 0 Å². The van der Waals surface area contributed by atoms with E-state index in [1.54, 1.807) is 12.1 Å². The molecule has 7 heteroatoms. The molecule has 0 atom stereocenters. The number of nitriles is 1. The van der Waals surface area contributed by atoms with Gasteiger partial charge in [0.25, 0.3) is 0 Å². The van der Waals surface area contributed by atoms with Crippen molar-refractivity contribution in [1.82, 2.24) is 4.57 Å². The van der Waals surface area contributed by atoms with Gasteiger partial charge in [0.1, 0.15) is 18.4 Å². The Morgan fingerprint density at radius 2 is 2.00 bits per heavy atom. The number of alkyl halides is 1. The van der Waals surface area contributed by atoms with Gasteiger partial charge in [-0.1, -0.05) is 18.2 Å². The topological polar surface area (TPSA) is 73.2 Å². The molecule has 150 valence electrons. The van der Waals surface area contributed by atoms with Crippen LogP contribution in [0.25, 0.3) is 16.6 Å². The van der Waals surface area contributed by atoms with E-state index in [1.807, 2.05) is 35.0 Å². The molecule has 0 fully saturated rings. The minimum absolute atomic E-state index is 0.282. The number of nitrogens with two attached hydrogens (primary N) is 1. The fourth-order valence-corrected chi connectivity index (χ4v) is 3.36. The van der Waals surface area contributed by atoms with Crippen LogP contribution in [0.15, 0.2) is 54.9 Å². The number of aromatic nitrogens is 1. The normalized spacial score (nSPS) is 10.7. The van der Waals surface area contributed by atoms with Crippen molar-refractivity contribution in [2.45, 2.75) is 12.8 Å². The fraction of sp³-hybridized carbons (Fsp3) is 0.227. The van der Waals surface area contributed by atoms with Gasteiger partial charge in [0, 0.05) is 23.0 Å². The van der Waals surface area contributed by atoms with Gasteiger partial charge < -0.3 is 19.8 Å². The molecule has 0 spiro atoms. The van der Waals surface area contributed by atoms with Gasteiger partial charge in [-0.25, -0.2) is 0 Å². The Morgan fingerprint density at radius 1 is 1.17 bits per heavy atom. The Bertz CT molecular complexity index is 1070. The first-order valence-corrected chi connectivity index (χ1v) is 10.0. The third-order valence-electron chi connectivity index (χ3n) is 4.32. The molecule has 2 N–H and O–H groups in total. The van der Waals surface area contributed by atoms with E-state index in [4.69, 9.17) is 38.4 Å². The first-order chi connectivity index (χ1) is 14.0. The maximum atomic E-state index is 9.49. The third kappa shape index (κ3) is 4.97. The summed E-state index contributed by atoms with van der Waals surface area (Å²) in [6, 6.07) is 13.5. The number of hydrogen-bond acceptors (Lipinski definition) is 4. The highest BCUT2D eigenvalue weighted by atomic mass is 35.5. The molecule has 2 aromatic carbocycles. The van der Waals surface area contributed by atoms with E-state index < -0.39 is 0 Å². The highest BCUT2D eigenvalue weighted by Gasteiger charge is 2.13. The molecule has 3 aromatic rings. The highest BCUT2D eigenvalue weighted by molar-refractivity contribution is 6.32. The molecule has 1 aromatic heterocycles. The van der Waals surface area contributed by atoms with Crippen LogP contribution in [0.2, 0.25) is 5.02 Å². The van der Waals surface area contributed by atoms with Crippen LogP contribution in [0.4, 0.5) is 0 Å². The Morgan fingerprint density at radius 3 is 2.72 bits per heavy atom. The molecule has 1 heterocycles. The number of ether oxygens (including phenoxy) is 2. The summed E-state index contributed by atoms with van der Waals surface area (Å²) in [5.41, 5.74) is 8.34. The Labute approximate surface area is 179 Å². The van der Waals surface area contributed by atoms with Crippen LogP contribution in [0, 0.1) is 11.3 Å². The largest absolute Gasteiger partial charge is 0.494 e. The lowest BCUT2D eigenvalue weighted by Crippen LogP contribution is -2.02.